The van der Waals surface area contributed by atoms with E-state index in [4.69, 9.17) is 5.84 Å². The van der Waals surface area contributed by atoms with Gasteiger partial charge in [0, 0.05) is 16.8 Å². The van der Waals surface area contributed by atoms with Crippen LogP contribution in [0.2, 0.25) is 0 Å². The van der Waals surface area contributed by atoms with E-state index in [-0.39, 0.29) is 0 Å². The Hall–Kier alpha value is -1.66. The molecule has 0 aliphatic heterocycles. The van der Waals surface area contributed by atoms with Gasteiger partial charge >= 0.3 is 0 Å². The van der Waals surface area contributed by atoms with Crippen LogP contribution >= 0.6 is 11.8 Å². The molecule has 1 aromatic heterocycles. The zero-order chi connectivity index (χ0) is 13.0. The summed E-state index contributed by atoms with van der Waals surface area (Å²) >= 11 is 1.38. The molecule has 18 heavy (non-hydrogen) atoms. The first-order valence-electron chi connectivity index (χ1n) is 5.18. The molecule has 0 radical (unpaired) electrons. The molecule has 3 N–H and O–H groups in total. The van der Waals surface area contributed by atoms with Crippen molar-refractivity contribution in [3.05, 3.63) is 53.9 Å². The number of pyridine rings is 1. The number of thioether (sulfide) groups is 1. The fourth-order valence-electron chi connectivity index (χ4n) is 1.37. The summed E-state index contributed by atoms with van der Waals surface area (Å²) in [6.07, 6.45) is 1.64. The van der Waals surface area contributed by atoms with E-state index in [0.717, 1.165) is 17.4 Å². The first-order valence-corrected chi connectivity index (χ1v) is 6.17. The Balaban J connectivity index is 2.04. The van der Waals surface area contributed by atoms with Crippen LogP contribution in [0.15, 0.2) is 41.4 Å². The van der Waals surface area contributed by atoms with E-state index in [2.05, 4.69) is 10.4 Å². The van der Waals surface area contributed by atoms with Gasteiger partial charge in [-0.05, 0) is 30.3 Å². The van der Waals surface area contributed by atoms with E-state index in [0.29, 0.717) is 10.6 Å². The van der Waals surface area contributed by atoms with Crippen LogP contribution < -0.4 is 11.3 Å². The Morgan fingerprint density at radius 1 is 1.17 bits per heavy atom. The number of nitrogens with two attached hydrogens (primary N) is 1. The highest BCUT2D eigenvalue weighted by molar-refractivity contribution is 7.98. The number of hydrazine groups is 1. The summed E-state index contributed by atoms with van der Waals surface area (Å²) in [5, 5.41) is 0. The molecule has 0 atom stereocenters. The van der Waals surface area contributed by atoms with E-state index >= 15 is 0 Å². The Morgan fingerprint density at radius 2 is 2.00 bits per heavy atom. The molecule has 6 heteroatoms. The molecule has 0 bridgehead atoms. The smallest absolute Gasteiger partial charge is 0.159 e. The van der Waals surface area contributed by atoms with Crippen molar-refractivity contribution < 1.29 is 8.78 Å². The zero-order valence-electron chi connectivity index (χ0n) is 9.36. The standard InChI is InChI=1S/C12H11F2N3S/c13-11-2-1-10(6-12(11)14)18-7-9-5-8(17-15)3-4-16-9/h1-6H,7,15H2,(H,16,17). The number of nitrogens with zero attached hydrogens (tertiary/aromatic N) is 1. The van der Waals surface area contributed by atoms with Gasteiger partial charge in [0.25, 0.3) is 0 Å². The minimum Gasteiger partial charge on any atom is -0.324 e. The number of hydrogen-bond donors (Lipinski definition) is 2. The lowest BCUT2D eigenvalue weighted by atomic mass is 10.3. The summed E-state index contributed by atoms with van der Waals surface area (Å²) in [7, 11) is 0. The van der Waals surface area contributed by atoms with Gasteiger partial charge in [-0.25, -0.2) is 8.78 Å². The van der Waals surface area contributed by atoms with Gasteiger partial charge in [-0.15, -0.1) is 11.8 Å². The molecule has 0 fully saturated rings. The van der Waals surface area contributed by atoms with Gasteiger partial charge in [0.15, 0.2) is 11.6 Å². The quantitative estimate of drug-likeness (QED) is 0.508. The van der Waals surface area contributed by atoms with Crippen LogP contribution in [0.4, 0.5) is 14.5 Å². The van der Waals surface area contributed by atoms with Crippen molar-refractivity contribution in [3.63, 3.8) is 0 Å². The summed E-state index contributed by atoms with van der Waals surface area (Å²) in [4.78, 5) is 4.81. The first kappa shape index (κ1) is 12.8. The lowest BCUT2D eigenvalue weighted by molar-refractivity contribution is 0.506. The lowest BCUT2D eigenvalue weighted by Gasteiger charge is -2.04. The van der Waals surface area contributed by atoms with Crippen molar-refractivity contribution in [1.82, 2.24) is 4.98 Å². The van der Waals surface area contributed by atoms with E-state index in [9.17, 15) is 8.78 Å². The molecule has 0 saturated heterocycles. The molecule has 0 spiro atoms. The third kappa shape index (κ3) is 3.18. The van der Waals surface area contributed by atoms with Gasteiger partial charge in [0.1, 0.15) is 0 Å². The second-order valence-electron chi connectivity index (χ2n) is 3.54. The maximum Gasteiger partial charge on any atom is 0.159 e. The van der Waals surface area contributed by atoms with Crippen molar-refractivity contribution >= 4 is 17.4 Å². The summed E-state index contributed by atoms with van der Waals surface area (Å²) < 4.78 is 25.7. The van der Waals surface area contributed by atoms with Crippen molar-refractivity contribution in [2.24, 2.45) is 5.84 Å². The average molecular weight is 267 g/mol. The second kappa shape index (κ2) is 5.79. The van der Waals surface area contributed by atoms with Crippen LogP contribution in [0.5, 0.6) is 0 Å². The molecule has 0 amide bonds. The number of aromatic nitrogens is 1. The lowest BCUT2D eigenvalue weighted by Crippen LogP contribution is -2.07. The first-order chi connectivity index (χ1) is 8.69. The Bertz CT molecular complexity index is 549. The monoisotopic (exact) mass is 267 g/mol. The van der Waals surface area contributed by atoms with Crippen molar-refractivity contribution in [1.29, 1.82) is 0 Å². The van der Waals surface area contributed by atoms with E-state index in [1.807, 2.05) is 0 Å². The minimum absolute atomic E-state index is 0.556. The number of halogens is 2. The van der Waals surface area contributed by atoms with Gasteiger partial charge in [0.05, 0.1) is 11.4 Å². The zero-order valence-corrected chi connectivity index (χ0v) is 10.2. The predicted octanol–water partition coefficient (Wildman–Crippen LogP) is 2.94. The van der Waals surface area contributed by atoms with Crippen LogP contribution in [-0.2, 0) is 5.75 Å². The minimum atomic E-state index is -0.842. The number of hydrogen-bond acceptors (Lipinski definition) is 4. The van der Waals surface area contributed by atoms with E-state index < -0.39 is 11.6 Å². The molecule has 0 unspecified atom stereocenters. The molecule has 0 saturated carbocycles. The number of nitrogen functional groups attached to an aromatic ring is 1. The van der Waals surface area contributed by atoms with Gasteiger partial charge in [-0.2, -0.15) is 0 Å². The molecule has 2 aromatic rings. The Kier molecular flexibility index (Phi) is 4.11. The van der Waals surface area contributed by atoms with Crippen LogP contribution in [0, 0.1) is 11.6 Å². The second-order valence-corrected chi connectivity index (χ2v) is 4.59. The van der Waals surface area contributed by atoms with Crippen LogP contribution in [-0.4, -0.2) is 4.98 Å². The maximum absolute atomic E-state index is 13.0. The fraction of sp³-hybridized carbons (Fsp3) is 0.0833. The molecule has 1 heterocycles. The summed E-state index contributed by atoms with van der Waals surface area (Å²) in [5.41, 5.74) is 4.08. The number of rotatable bonds is 4. The third-order valence-corrected chi connectivity index (χ3v) is 3.29. The van der Waals surface area contributed by atoms with E-state index in [1.165, 1.54) is 23.9 Å². The van der Waals surface area contributed by atoms with Crippen molar-refractivity contribution in [3.8, 4) is 0 Å². The molecule has 3 nitrogen and oxygen atoms in total. The Labute approximate surface area is 107 Å². The molecular weight excluding hydrogens is 256 g/mol. The van der Waals surface area contributed by atoms with Gasteiger partial charge in [0.2, 0.25) is 0 Å². The van der Waals surface area contributed by atoms with E-state index in [1.54, 1.807) is 18.3 Å². The van der Waals surface area contributed by atoms with Crippen LogP contribution in [0.3, 0.4) is 0 Å². The largest absolute Gasteiger partial charge is 0.324 e. The molecule has 94 valence electrons. The summed E-state index contributed by atoms with van der Waals surface area (Å²) in [6.45, 7) is 0. The van der Waals surface area contributed by atoms with Gasteiger partial charge < -0.3 is 5.43 Å². The van der Waals surface area contributed by atoms with Crippen LogP contribution in [0.25, 0.3) is 0 Å². The normalized spacial score (nSPS) is 10.4. The van der Waals surface area contributed by atoms with Crippen LogP contribution in [0.1, 0.15) is 5.69 Å². The molecule has 0 aliphatic rings. The number of nitrogens with one attached hydrogen (secondary N) is 1. The molecular formula is C12H11F2N3S. The highest BCUT2D eigenvalue weighted by Crippen LogP contribution is 2.24. The van der Waals surface area contributed by atoms with Crippen molar-refractivity contribution in [2.75, 3.05) is 5.43 Å². The number of benzene rings is 1. The highest BCUT2D eigenvalue weighted by atomic mass is 32.2. The Morgan fingerprint density at radius 3 is 2.72 bits per heavy atom. The topological polar surface area (TPSA) is 50.9 Å². The molecule has 1 aromatic carbocycles. The molecule has 0 aliphatic carbocycles. The number of anilines is 1. The summed E-state index contributed by atoms with van der Waals surface area (Å²) in [6, 6.07) is 7.36. The predicted molar refractivity (Wildman–Crippen MR) is 68.0 cm³/mol. The average Bonchev–Trinajstić information content (AvgIpc) is 2.40. The third-order valence-electron chi connectivity index (χ3n) is 2.26. The maximum atomic E-state index is 13.0. The van der Waals surface area contributed by atoms with Gasteiger partial charge in [-0.1, -0.05) is 0 Å². The van der Waals surface area contributed by atoms with Crippen molar-refractivity contribution in [2.45, 2.75) is 10.6 Å². The highest BCUT2D eigenvalue weighted by Gasteiger charge is 2.04. The molecule has 2 rings (SSSR count). The summed E-state index contributed by atoms with van der Waals surface area (Å²) in [5.74, 6) is 4.16. The fourth-order valence-corrected chi connectivity index (χ4v) is 2.19. The SMILES string of the molecule is NNc1ccnc(CSc2ccc(F)c(F)c2)c1. The van der Waals surface area contributed by atoms with Gasteiger partial charge in [-0.3, -0.25) is 10.8 Å².